The van der Waals surface area contributed by atoms with Crippen LogP contribution in [0.1, 0.15) is 42.9 Å². The maximum Gasteiger partial charge on any atom is 0.0684 e. The molecule has 0 aliphatic carbocycles. The standard InChI is InChI=1S/C22H24O/c1-2-3-4-6-11-19-14-9-10-15-21(19)16-17-22(18-23)20-12-7-5-8-13-20/h5,7-10,12-15,17,23H,2-4,16,18H2,1H3/b22-17-. The van der Waals surface area contributed by atoms with Gasteiger partial charge in [0.05, 0.1) is 6.61 Å². The van der Waals surface area contributed by atoms with Crippen molar-refractivity contribution in [1.82, 2.24) is 0 Å². The summed E-state index contributed by atoms with van der Waals surface area (Å²) in [7, 11) is 0. The highest BCUT2D eigenvalue weighted by Crippen LogP contribution is 2.16. The van der Waals surface area contributed by atoms with Crippen molar-refractivity contribution in [2.24, 2.45) is 0 Å². The van der Waals surface area contributed by atoms with E-state index in [4.69, 9.17) is 0 Å². The van der Waals surface area contributed by atoms with Crippen LogP contribution in [0.3, 0.4) is 0 Å². The monoisotopic (exact) mass is 304 g/mol. The molecule has 0 amide bonds. The van der Waals surface area contributed by atoms with Crippen LogP contribution in [0.4, 0.5) is 0 Å². The Balaban J connectivity index is 2.16. The molecule has 118 valence electrons. The van der Waals surface area contributed by atoms with Gasteiger partial charge >= 0.3 is 0 Å². The fourth-order valence-electron chi connectivity index (χ4n) is 2.40. The molecule has 0 saturated heterocycles. The van der Waals surface area contributed by atoms with Gasteiger partial charge in [-0.3, -0.25) is 0 Å². The summed E-state index contributed by atoms with van der Waals surface area (Å²) in [4.78, 5) is 0. The SMILES string of the molecule is CCCCC#Cc1ccccc1C/C=C(/CO)c1ccccc1. The first-order valence-electron chi connectivity index (χ1n) is 8.27. The molecule has 0 unspecified atom stereocenters. The molecule has 2 rings (SSSR count). The Kier molecular flexibility index (Phi) is 7.17. The molecule has 0 radical (unpaired) electrons. The Morgan fingerprint density at radius 1 is 1.04 bits per heavy atom. The highest BCUT2D eigenvalue weighted by atomic mass is 16.3. The van der Waals surface area contributed by atoms with E-state index in [9.17, 15) is 5.11 Å². The Bertz CT molecular complexity index is 687. The van der Waals surface area contributed by atoms with Crippen molar-refractivity contribution >= 4 is 5.57 Å². The maximum atomic E-state index is 9.63. The van der Waals surface area contributed by atoms with Crippen molar-refractivity contribution in [2.75, 3.05) is 6.61 Å². The molecule has 0 aliphatic rings. The molecule has 1 heteroatoms. The molecular formula is C22H24O. The second-order valence-corrected chi connectivity index (χ2v) is 5.52. The van der Waals surface area contributed by atoms with E-state index in [1.807, 2.05) is 42.5 Å². The lowest BCUT2D eigenvalue weighted by atomic mass is 10.0. The summed E-state index contributed by atoms with van der Waals surface area (Å²) in [6.45, 7) is 2.23. The summed E-state index contributed by atoms with van der Waals surface area (Å²) in [6.07, 6.45) is 6.16. The second-order valence-electron chi connectivity index (χ2n) is 5.52. The molecule has 0 aromatic heterocycles. The first-order chi connectivity index (χ1) is 11.3. The largest absolute Gasteiger partial charge is 0.392 e. The number of unbranched alkanes of at least 4 members (excludes halogenated alkanes) is 2. The van der Waals surface area contributed by atoms with Crippen LogP contribution in [-0.4, -0.2) is 11.7 Å². The van der Waals surface area contributed by atoms with E-state index in [0.717, 1.165) is 36.0 Å². The lowest BCUT2D eigenvalue weighted by molar-refractivity contribution is 0.350. The van der Waals surface area contributed by atoms with Crippen molar-refractivity contribution < 1.29 is 5.11 Å². The molecule has 23 heavy (non-hydrogen) atoms. The van der Waals surface area contributed by atoms with Crippen molar-refractivity contribution in [1.29, 1.82) is 0 Å². The normalized spacial score (nSPS) is 11.0. The fraction of sp³-hybridized carbons (Fsp3) is 0.273. The quantitative estimate of drug-likeness (QED) is 0.597. The van der Waals surface area contributed by atoms with Crippen LogP contribution in [0.25, 0.3) is 5.57 Å². The van der Waals surface area contributed by atoms with Crippen molar-refractivity contribution in [3.63, 3.8) is 0 Å². The number of aliphatic hydroxyl groups is 1. The lowest BCUT2D eigenvalue weighted by Crippen LogP contribution is -1.93. The molecule has 0 bridgehead atoms. The zero-order valence-electron chi connectivity index (χ0n) is 13.8. The van der Waals surface area contributed by atoms with E-state index < -0.39 is 0 Å². The summed E-state index contributed by atoms with van der Waals surface area (Å²) in [5, 5.41) is 9.63. The summed E-state index contributed by atoms with van der Waals surface area (Å²) in [6, 6.07) is 18.3. The molecule has 0 atom stereocenters. The van der Waals surface area contributed by atoms with Crippen molar-refractivity contribution in [2.45, 2.75) is 32.6 Å². The number of hydrogen-bond donors (Lipinski definition) is 1. The predicted octanol–water partition coefficient (Wildman–Crippen LogP) is 4.85. The van der Waals surface area contributed by atoms with E-state index >= 15 is 0 Å². The Morgan fingerprint density at radius 3 is 2.52 bits per heavy atom. The molecular weight excluding hydrogens is 280 g/mol. The third-order valence-electron chi connectivity index (χ3n) is 3.78. The Hall–Kier alpha value is -2.30. The lowest BCUT2D eigenvalue weighted by Gasteiger charge is -2.06. The zero-order chi connectivity index (χ0) is 16.3. The van der Waals surface area contributed by atoms with Gasteiger partial charge in [-0.25, -0.2) is 0 Å². The van der Waals surface area contributed by atoms with E-state index in [-0.39, 0.29) is 6.61 Å². The molecule has 0 heterocycles. The summed E-state index contributed by atoms with van der Waals surface area (Å²) in [5.74, 6) is 6.54. The zero-order valence-corrected chi connectivity index (χ0v) is 13.8. The van der Waals surface area contributed by atoms with Gasteiger partial charge in [-0.1, -0.05) is 79.8 Å². The van der Waals surface area contributed by atoms with Gasteiger partial charge in [0.2, 0.25) is 0 Å². The van der Waals surface area contributed by atoms with E-state index in [2.05, 4.69) is 37.0 Å². The smallest absolute Gasteiger partial charge is 0.0684 e. The minimum atomic E-state index is 0.0500. The van der Waals surface area contributed by atoms with Gasteiger partial charge in [0.1, 0.15) is 0 Å². The minimum absolute atomic E-state index is 0.0500. The van der Waals surface area contributed by atoms with Crippen LogP contribution < -0.4 is 0 Å². The average Bonchev–Trinajstić information content (AvgIpc) is 2.61. The number of rotatable bonds is 6. The van der Waals surface area contributed by atoms with Crippen LogP contribution in [0.2, 0.25) is 0 Å². The van der Waals surface area contributed by atoms with Crippen LogP contribution >= 0.6 is 0 Å². The van der Waals surface area contributed by atoms with E-state index in [1.165, 1.54) is 12.0 Å². The van der Waals surface area contributed by atoms with Crippen LogP contribution in [-0.2, 0) is 6.42 Å². The summed E-state index contributed by atoms with van der Waals surface area (Å²) in [5.41, 5.74) is 4.32. The third kappa shape index (κ3) is 5.43. The average molecular weight is 304 g/mol. The van der Waals surface area contributed by atoms with Crippen LogP contribution in [0.15, 0.2) is 60.7 Å². The van der Waals surface area contributed by atoms with E-state index in [0.29, 0.717) is 0 Å². The first kappa shape index (κ1) is 17.1. The molecule has 0 saturated carbocycles. The molecule has 0 spiro atoms. The highest BCUT2D eigenvalue weighted by Gasteiger charge is 2.01. The van der Waals surface area contributed by atoms with Gasteiger partial charge in [-0.05, 0) is 35.6 Å². The van der Waals surface area contributed by atoms with E-state index in [1.54, 1.807) is 0 Å². The molecule has 1 nitrogen and oxygen atoms in total. The number of allylic oxidation sites excluding steroid dienone is 1. The van der Waals surface area contributed by atoms with Gasteiger partial charge in [0.25, 0.3) is 0 Å². The minimum Gasteiger partial charge on any atom is -0.392 e. The van der Waals surface area contributed by atoms with Gasteiger partial charge < -0.3 is 5.11 Å². The van der Waals surface area contributed by atoms with Gasteiger partial charge in [-0.2, -0.15) is 0 Å². The highest BCUT2D eigenvalue weighted by molar-refractivity contribution is 5.66. The van der Waals surface area contributed by atoms with Gasteiger partial charge in [-0.15, -0.1) is 0 Å². The maximum absolute atomic E-state index is 9.63. The van der Waals surface area contributed by atoms with Crippen molar-refractivity contribution in [3.05, 3.63) is 77.4 Å². The Labute approximate surface area is 139 Å². The fourth-order valence-corrected chi connectivity index (χ4v) is 2.40. The second kappa shape index (κ2) is 9.66. The number of aliphatic hydroxyl groups excluding tert-OH is 1. The Morgan fingerprint density at radius 2 is 1.78 bits per heavy atom. The first-order valence-corrected chi connectivity index (χ1v) is 8.27. The van der Waals surface area contributed by atoms with Crippen LogP contribution in [0.5, 0.6) is 0 Å². The molecule has 0 fully saturated rings. The molecule has 0 aliphatic heterocycles. The van der Waals surface area contributed by atoms with Gasteiger partial charge in [0.15, 0.2) is 0 Å². The van der Waals surface area contributed by atoms with Crippen molar-refractivity contribution in [3.8, 4) is 11.8 Å². The summed E-state index contributed by atoms with van der Waals surface area (Å²) < 4.78 is 0. The van der Waals surface area contributed by atoms with Gasteiger partial charge in [0, 0.05) is 12.0 Å². The molecule has 2 aromatic rings. The molecule has 1 N–H and O–H groups in total. The topological polar surface area (TPSA) is 20.2 Å². The number of hydrogen-bond acceptors (Lipinski definition) is 1. The summed E-state index contributed by atoms with van der Waals surface area (Å²) >= 11 is 0. The number of benzene rings is 2. The van der Waals surface area contributed by atoms with Crippen LogP contribution in [0, 0.1) is 11.8 Å². The predicted molar refractivity (Wildman–Crippen MR) is 98.1 cm³/mol. The molecule has 2 aromatic carbocycles. The third-order valence-corrected chi connectivity index (χ3v) is 3.78.